The van der Waals surface area contributed by atoms with Crippen LogP contribution in [0.5, 0.6) is 0 Å². The van der Waals surface area contributed by atoms with Crippen LogP contribution in [-0.4, -0.2) is 39.2 Å². The minimum absolute atomic E-state index is 0.236. The molecule has 1 aromatic heterocycles. The van der Waals surface area contributed by atoms with Crippen LogP contribution in [0.4, 0.5) is 5.69 Å². The van der Waals surface area contributed by atoms with Gasteiger partial charge in [-0.2, -0.15) is 5.10 Å². The van der Waals surface area contributed by atoms with Crippen LogP contribution in [-0.2, 0) is 0 Å². The fourth-order valence-electron chi connectivity index (χ4n) is 1.87. The van der Waals surface area contributed by atoms with Crippen LogP contribution in [0.2, 0.25) is 0 Å². The summed E-state index contributed by atoms with van der Waals surface area (Å²) in [6.07, 6.45) is 1.10. The van der Waals surface area contributed by atoms with Gasteiger partial charge < -0.3 is 15.5 Å². The molecule has 3 N–H and O–H groups in total. The molecule has 2 aromatic rings. The van der Waals surface area contributed by atoms with Crippen molar-refractivity contribution in [3.05, 3.63) is 24.4 Å². The molecule has 0 radical (unpaired) electrons. The molecule has 1 heterocycles. The van der Waals surface area contributed by atoms with Crippen molar-refractivity contribution < 1.29 is 10.2 Å². The maximum atomic E-state index is 9.28. The van der Waals surface area contributed by atoms with Gasteiger partial charge in [0.15, 0.2) is 0 Å². The zero-order chi connectivity index (χ0) is 13.1. The fraction of sp³-hybridized carbons (Fsp3) is 0.462. The van der Waals surface area contributed by atoms with Crippen LogP contribution in [0.15, 0.2) is 24.4 Å². The van der Waals surface area contributed by atoms with E-state index in [0.29, 0.717) is 12.6 Å². The second kappa shape index (κ2) is 5.37. The number of fused-ring (bicyclic) bond motifs is 1. The first kappa shape index (κ1) is 12.9. The molecule has 1 atom stereocenters. The first-order chi connectivity index (χ1) is 8.61. The van der Waals surface area contributed by atoms with E-state index < -0.39 is 6.10 Å². The molecule has 98 valence electrons. The SMILES string of the molecule is CC(C)n1ncc2cc(NCC(O)CO)ccc21. The van der Waals surface area contributed by atoms with Gasteiger partial charge in [0.1, 0.15) is 0 Å². The van der Waals surface area contributed by atoms with E-state index in [9.17, 15) is 5.11 Å². The predicted octanol–water partition coefficient (Wildman–Crippen LogP) is 1.38. The second-order valence-corrected chi connectivity index (χ2v) is 4.67. The Bertz CT molecular complexity index is 522. The summed E-state index contributed by atoms with van der Waals surface area (Å²) in [4.78, 5) is 0. The smallest absolute Gasteiger partial charge is 0.0942 e. The number of anilines is 1. The first-order valence-electron chi connectivity index (χ1n) is 6.12. The second-order valence-electron chi connectivity index (χ2n) is 4.67. The zero-order valence-corrected chi connectivity index (χ0v) is 10.7. The summed E-state index contributed by atoms with van der Waals surface area (Å²) >= 11 is 0. The fourth-order valence-corrected chi connectivity index (χ4v) is 1.87. The van der Waals surface area contributed by atoms with Gasteiger partial charge in [-0.15, -0.1) is 0 Å². The van der Waals surface area contributed by atoms with Gasteiger partial charge >= 0.3 is 0 Å². The van der Waals surface area contributed by atoms with Crippen LogP contribution in [0.25, 0.3) is 10.9 Å². The molecule has 0 aliphatic carbocycles. The number of aliphatic hydroxyl groups is 2. The molecule has 0 saturated heterocycles. The predicted molar refractivity (Wildman–Crippen MR) is 71.7 cm³/mol. The lowest BCUT2D eigenvalue weighted by Crippen LogP contribution is -2.22. The summed E-state index contributed by atoms with van der Waals surface area (Å²) in [6.45, 7) is 4.28. The molecule has 0 aliphatic heterocycles. The molecule has 1 unspecified atom stereocenters. The van der Waals surface area contributed by atoms with Gasteiger partial charge in [0.2, 0.25) is 0 Å². The normalized spacial score (nSPS) is 13.2. The van der Waals surface area contributed by atoms with Gasteiger partial charge in [0.25, 0.3) is 0 Å². The van der Waals surface area contributed by atoms with E-state index in [1.807, 2.05) is 29.1 Å². The molecule has 5 nitrogen and oxygen atoms in total. The number of nitrogens with one attached hydrogen (secondary N) is 1. The quantitative estimate of drug-likeness (QED) is 0.748. The average Bonchev–Trinajstić information content (AvgIpc) is 2.78. The molecule has 0 amide bonds. The Morgan fingerprint density at radius 3 is 2.83 bits per heavy atom. The maximum Gasteiger partial charge on any atom is 0.0942 e. The molecule has 0 spiro atoms. The van der Waals surface area contributed by atoms with E-state index in [2.05, 4.69) is 24.3 Å². The number of aliphatic hydroxyl groups excluding tert-OH is 2. The summed E-state index contributed by atoms with van der Waals surface area (Å²) in [5.41, 5.74) is 2.01. The standard InChI is InChI=1S/C13H19N3O2/c1-9(2)16-13-4-3-11(5-10(13)6-15-16)14-7-12(18)8-17/h3-6,9,12,14,17-18H,7-8H2,1-2H3. The number of nitrogens with zero attached hydrogens (tertiary/aromatic N) is 2. The van der Waals surface area contributed by atoms with Crippen LogP contribution < -0.4 is 5.32 Å². The molecule has 0 bridgehead atoms. The van der Waals surface area contributed by atoms with Gasteiger partial charge in [0, 0.05) is 23.7 Å². The molecular formula is C13H19N3O2. The summed E-state index contributed by atoms with van der Waals surface area (Å²) in [7, 11) is 0. The van der Waals surface area contributed by atoms with Crippen molar-refractivity contribution in [2.75, 3.05) is 18.5 Å². The van der Waals surface area contributed by atoms with Crippen molar-refractivity contribution in [2.45, 2.75) is 26.0 Å². The van der Waals surface area contributed by atoms with Crippen molar-refractivity contribution in [2.24, 2.45) is 0 Å². The minimum Gasteiger partial charge on any atom is -0.394 e. The lowest BCUT2D eigenvalue weighted by molar-refractivity contribution is 0.105. The summed E-state index contributed by atoms with van der Waals surface area (Å²) in [5, 5.41) is 26.5. The molecule has 0 saturated carbocycles. The van der Waals surface area contributed by atoms with Crippen LogP contribution in [0.1, 0.15) is 19.9 Å². The van der Waals surface area contributed by atoms with E-state index in [-0.39, 0.29) is 6.61 Å². The average molecular weight is 249 g/mol. The summed E-state index contributed by atoms with van der Waals surface area (Å²) in [6, 6.07) is 6.28. The molecular weight excluding hydrogens is 230 g/mol. The third-order valence-electron chi connectivity index (χ3n) is 2.84. The molecule has 1 aromatic carbocycles. The first-order valence-corrected chi connectivity index (χ1v) is 6.12. The number of hydrogen-bond acceptors (Lipinski definition) is 4. The molecule has 5 heteroatoms. The van der Waals surface area contributed by atoms with E-state index in [0.717, 1.165) is 16.6 Å². The molecule has 0 fully saturated rings. The van der Waals surface area contributed by atoms with E-state index in [1.54, 1.807) is 0 Å². The third-order valence-corrected chi connectivity index (χ3v) is 2.84. The number of rotatable bonds is 5. The van der Waals surface area contributed by atoms with Crippen LogP contribution in [0.3, 0.4) is 0 Å². The zero-order valence-electron chi connectivity index (χ0n) is 10.7. The number of hydrogen-bond donors (Lipinski definition) is 3. The van der Waals surface area contributed by atoms with Crippen molar-refractivity contribution in [3.8, 4) is 0 Å². The van der Waals surface area contributed by atoms with Gasteiger partial charge in [0.05, 0.1) is 24.4 Å². The highest BCUT2D eigenvalue weighted by Crippen LogP contribution is 2.21. The highest BCUT2D eigenvalue weighted by atomic mass is 16.3. The monoisotopic (exact) mass is 249 g/mol. The van der Waals surface area contributed by atoms with E-state index in [1.165, 1.54) is 0 Å². The highest BCUT2D eigenvalue weighted by Gasteiger charge is 2.07. The molecule has 0 aliphatic rings. The van der Waals surface area contributed by atoms with E-state index >= 15 is 0 Å². The van der Waals surface area contributed by atoms with Gasteiger partial charge in [-0.1, -0.05) is 0 Å². The van der Waals surface area contributed by atoms with Gasteiger partial charge in [-0.3, -0.25) is 4.68 Å². The molecule has 18 heavy (non-hydrogen) atoms. The highest BCUT2D eigenvalue weighted by molar-refractivity contribution is 5.82. The van der Waals surface area contributed by atoms with Gasteiger partial charge in [-0.25, -0.2) is 0 Å². The Hall–Kier alpha value is -1.59. The number of aromatic nitrogens is 2. The van der Waals surface area contributed by atoms with E-state index in [4.69, 9.17) is 5.11 Å². The Kier molecular flexibility index (Phi) is 3.84. The van der Waals surface area contributed by atoms with Crippen molar-refractivity contribution in [1.29, 1.82) is 0 Å². The van der Waals surface area contributed by atoms with Crippen molar-refractivity contribution >= 4 is 16.6 Å². The Balaban J connectivity index is 2.18. The summed E-state index contributed by atoms with van der Waals surface area (Å²) < 4.78 is 1.97. The van der Waals surface area contributed by atoms with Crippen LogP contribution in [0, 0.1) is 0 Å². The van der Waals surface area contributed by atoms with Crippen molar-refractivity contribution in [3.63, 3.8) is 0 Å². The number of benzene rings is 1. The third kappa shape index (κ3) is 2.63. The lowest BCUT2D eigenvalue weighted by atomic mass is 10.2. The Morgan fingerprint density at radius 1 is 1.39 bits per heavy atom. The largest absolute Gasteiger partial charge is 0.394 e. The van der Waals surface area contributed by atoms with Gasteiger partial charge in [-0.05, 0) is 32.0 Å². The Labute approximate surface area is 106 Å². The Morgan fingerprint density at radius 2 is 2.17 bits per heavy atom. The van der Waals surface area contributed by atoms with Crippen molar-refractivity contribution in [1.82, 2.24) is 9.78 Å². The molecule has 2 rings (SSSR count). The maximum absolute atomic E-state index is 9.28. The van der Waals surface area contributed by atoms with Crippen LogP contribution >= 0.6 is 0 Å². The topological polar surface area (TPSA) is 70.3 Å². The lowest BCUT2D eigenvalue weighted by Gasteiger charge is -2.11. The minimum atomic E-state index is -0.737. The summed E-state index contributed by atoms with van der Waals surface area (Å²) in [5.74, 6) is 0.